The van der Waals surface area contributed by atoms with Crippen molar-refractivity contribution >= 4 is 0 Å². The molecule has 0 aliphatic heterocycles. The lowest BCUT2D eigenvalue weighted by atomic mass is 9.41. The van der Waals surface area contributed by atoms with E-state index >= 15 is 0 Å². The van der Waals surface area contributed by atoms with E-state index in [4.69, 9.17) is 0 Å². The molecule has 132 valence electrons. The molecule has 3 saturated carbocycles. The smallest absolute Gasteiger partial charge is 0.120 e. The van der Waals surface area contributed by atoms with Gasteiger partial charge in [-0.15, -0.1) is 6.58 Å². The molecule has 3 heteroatoms. The van der Waals surface area contributed by atoms with Gasteiger partial charge in [0.15, 0.2) is 0 Å². The number of hydrogen-bond donors (Lipinski definition) is 3. The Morgan fingerprint density at radius 2 is 1.65 bits per heavy atom. The highest BCUT2D eigenvalue weighted by atomic mass is 16.4. The summed E-state index contributed by atoms with van der Waals surface area (Å²) < 4.78 is 0. The highest BCUT2D eigenvalue weighted by Gasteiger charge is 2.68. The number of aliphatic hydroxyl groups excluding tert-OH is 2. The molecule has 3 aliphatic rings. The number of fused-ring (bicyclic) bond motifs is 3. The van der Waals surface area contributed by atoms with Gasteiger partial charge >= 0.3 is 0 Å². The van der Waals surface area contributed by atoms with Crippen molar-refractivity contribution in [3.05, 3.63) is 12.7 Å². The average Bonchev–Trinajstić information content (AvgIpc) is 2.47. The highest BCUT2D eigenvalue weighted by Crippen LogP contribution is 2.66. The maximum Gasteiger partial charge on any atom is 0.120 e. The van der Waals surface area contributed by atoms with E-state index in [0.29, 0.717) is 12.3 Å². The van der Waals surface area contributed by atoms with Crippen LogP contribution in [0.5, 0.6) is 0 Å². The molecule has 0 heterocycles. The fourth-order valence-electron chi connectivity index (χ4n) is 6.61. The Kier molecular flexibility index (Phi) is 3.84. The Balaban J connectivity index is 2.06. The standard InChI is InChI=1S/C20H34O3/c1-6-18(4)11-8-13-19(5)10-7-9-17(2,3)14(19)12-15(21)20(13,23)16(18)22/h6,13-16,21-23H,1,7-12H2,2-5H3. The van der Waals surface area contributed by atoms with Gasteiger partial charge in [0, 0.05) is 5.41 Å². The second-order valence-electron chi connectivity index (χ2n) is 9.74. The van der Waals surface area contributed by atoms with Crippen LogP contribution in [0.4, 0.5) is 0 Å². The van der Waals surface area contributed by atoms with E-state index < -0.39 is 23.2 Å². The quantitative estimate of drug-likeness (QED) is 0.649. The summed E-state index contributed by atoms with van der Waals surface area (Å²) in [5, 5.41) is 33.4. The summed E-state index contributed by atoms with van der Waals surface area (Å²) in [6, 6.07) is 0. The minimum atomic E-state index is -1.42. The van der Waals surface area contributed by atoms with Crippen molar-refractivity contribution in [2.45, 2.75) is 84.0 Å². The Morgan fingerprint density at radius 3 is 2.26 bits per heavy atom. The van der Waals surface area contributed by atoms with E-state index in [1.54, 1.807) is 6.08 Å². The van der Waals surface area contributed by atoms with Gasteiger partial charge in [-0.05, 0) is 54.8 Å². The Bertz CT molecular complexity index is 501. The molecule has 0 radical (unpaired) electrons. The minimum absolute atomic E-state index is 0.0147. The third-order valence-corrected chi connectivity index (χ3v) is 8.12. The predicted molar refractivity (Wildman–Crippen MR) is 91.8 cm³/mol. The summed E-state index contributed by atoms with van der Waals surface area (Å²) in [7, 11) is 0. The van der Waals surface area contributed by atoms with Crippen LogP contribution in [0.2, 0.25) is 0 Å². The summed E-state index contributed by atoms with van der Waals surface area (Å²) >= 11 is 0. The van der Waals surface area contributed by atoms with E-state index in [-0.39, 0.29) is 16.7 Å². The van der Waals surface area contributed by atoms with E-state index in [9.17, 15) is 15.3 Å². The first-order chi connectivity index (χ1) is 10.5. The van der Waals surface area contributed by atoms with Crippen LogP contribution in [-0.4, -0.2) is 33.1 Å². The van der Waals surface area contributed by atoms with Crippen LogP contribution < -0.4 is 0 Å². The van der Waals surface area contributed by atoms with E-state index in [0.717, 1.165) is 25.7 Å². The van der Waals surface area contributed by atoms with Gasteiger partial charge in [0.1, 0.15) is 5.60 Å². The van der Waals surface area contributed by atoms with Crippen LogP contribution in [-0.2, 0) is 0 Å². The fourth-order valence-corrected chi connectivity index (χ4v) is 6.61. The van der Waals surface area contributed by atoms with E-state index in [2.05, 4.69) is 27.4 Å². The lowest BCUT2D eigenvalue weighted by Crippen LogP contribution is -2.72. The Labute approximate surface area is 140 Å². The van der Waals surface area contributed by atoms with E-state index in [1.165, 1.54) is 6.42 Å². The average molecular weight is 322 g/mol. The van der Waals surface area contributed by atoms with Gasteiger partial charge in [-0.1, -0.05) is 40.2 Å². The third-order valence-electron chi connectivity index (χ3n) is 8.12. The third kappa shape index (κ3) is 2.12. The maximum absolute atomic E-state index is 11.5. The first-order valence-corrected chi connectivity index (χ1v) is 9.24. The van der Waals surface area contributed by atoms with Gasteiger partial charge in [-0.25, -0.2) is 0 Å². The molecule has 0 aromatic carbocycles. The van der Waals surface area contributed by atoms with Gasteiger partial charge in [-0.2, -0.15) is 0 Å². The molecule has 23 heavy (non-hydrogen) atoms. The molecule has 3 fully saturated rings. The topological polar surface area (TPSA) is 60.7 Å². The van der Waals surface area contributed by atoms with Crippen molar-refractivity contribution in [3.8, 4) is 0 Å². The molecule has 7 unspecified atom stereocenters. The summed E-state index contributed by atoms with van der Waals surface area (Å²) in [6.07, 6.45) is 5.62. The summed E-state index contributed by atoms with van der Waals surface area (Å²) in [5.41, 5.74) is -1.78. The fraction of sp³-hybridized carbons (Fsp3) is 0.900. The first-order valence-electron chi connectivity index (χ1n) is 9.24. The number of aliphatic hydroxyl groups is 3. The monoisotopic (exact) mass is 322 g/mol. The molecule has 0 bridgehead atoms. The molecule has 3 aliphatic carbocycles. The van der Waals surface area contributed by atoms with Crippen LogP contribution in [0.25, 0.3) is 0 Å². The largest absolute Gasteiger partial charge is 0.390 e. The minimum Gasteiger partial charge on any atom is -0.390 e. The van der Waals surface area contributed by atoms with Crippen molar-refractivity contribution in [1.29, 1.82) is 0 Å². The van der Waals surface area contributed by atoms with Gasteiger partial charge in [-0.3, -0.25) is 0 Å². The lowest BCUT2D eigenvalue weighted by Gasteiger charge is -2.67. The van der Waals surface area contributed by atoms with Crippen LogP contribution >= 0.6 is 0 Å². The number of hydrogen-bond acceptors (Lipinski definition) is 3. The van der Waals surface area contributed by atoms with Crippen LogP contribution in [0.15, 0.2) is 12.7 Å². The van der Waals surface area contributed by atoms with E-state index in [1.807, 2.05) is 6.92 Å². The second kappa shape index (κ2) is 5.06. The predicted octanol–water partition coefficient (Wildman–Crippen LogP) is 3.28. The van der Waals surface area contributed by atoms with Crippen molar-refractivity contribution in [2.24, 2.45) is 28.1 Å². The Morgan fingerprint density at radius 1 is 1.00 bits per heavy atom. The van der Waals surface area contributed by atoms with Gasteiger partial charge < -0.3 is 15.3 Å². The molecule has 3 nitrogen and oxygen atoms in total. The van der Waals surface area contributed by atoms with Crippen LogP contribution in [0.3, 0.4) is 0 Å². The lowest BCUT2D eigenvalue weighted by molar-refractivity contribution is -0.291. The zero-order valence-corrected chi connectivity index (χ0v) is 15.2. The maximum atomic E-state index is 11.5. The molecule has 0 amide bonds. The summed E-state index contributed by atoms with van der Waals surface area (Å²) in [5.74, 6) is 0.343. The molecule has 0 aromatic heterocycles. The SMILES string of the molecule is C=CC1(C)CCC2C3(C)CCCC(C)(C)C3CC(O)C2(O)C1O. The first kappa shape index (κ1) is 17.4. The van der Waals surface area contributed by atoms with Crippen molar-refractivity contribution in [2.75, 3.05) is 0 Å². The molecule has 0 aromatic rings. The molecule has 0 spiro atoms. The normalized spacial score (nSPS) is 55.6. The number of rotatable bonds is 1. The highest BCUT2D eigenvalue weighted by molar-refractivity contribution is 5.20. The zero-order valence-electron chi connectivity index (χ0n) is 15.2. The van der Waals surface area contributed by atoms with Gasteiger partial charge in [0.2, 0.25) is 0 Å². The zero-order chi connectivity index (χ0) is 17.3. The van der Waals surface area contributed by atoms with Crippen molar-refractivity contribution < 1.29 is 15.3 Å². The van der Waals surface area contributed by atoms with Crippen LogP contribution in [0, 0.1) is 28.1 Å². The molecule has 3 rings (SSSR count). The van der Waals surface area contributed by atoms with Gasteiger partial charge in [0.05, 0.1) is 12.2 Å². The van der Waals surface area contributed by atoms with Crippen LogP contribution in [0.1, 0.15) is 66.2 Å². The molecule has 3 N–H and O–H groups in total. The summed E-state index contributed by atoms with van der Waals surface area (Å²) in [6.45, 7) is 12.7. The summed E-state index contributed by atoms with van der Waals surface area (Å²) in [4.78, 5) is 0. The second-order valence-corrected chi connectivity index (χ2v) is 9.74. The Hall–Kier alpha value is -0.380. The molecule has 7 atom stereocenters. The van der Waals surface area contributed by atoms with Gasteiger partial charge in [0.25, 0.3) is 0 Å². The molecular weight excluding hydrogens is 288 g/mol. The molecular formula is C20H34O3. The van der Waals surface area contributed by atoms with Crippen molar-refractivity contribution in [3.63, 3.8) is 0 Å². The molecule has 0 saturated heterocycles. The van der Waals surface area contributed by atoms with Crippen molar-refractivity contribution in [1.82, 2.24) is 0 Å².